The Hall–Kier alpha value is -2.62. The molecule has 0 aliphatic heterocycles. The molecule has 4 heteroatoms. The lowest BCUT2D eigenvalue weighted by molar-refractivity contribution is 0.386. The van der Waals surface area contributed by atoms with Crippen molar-refractivity contribution in [3.05, 3.63) is 82.9 Å². The summed E-state index contributed by atoms with van der Waals surface area (Å²) in [4.78, 5) is 0. The molecule has 0 saturated carbocycles. The van der Waals surface area contributed by atoms with E-state index < -0.39 is 23.3 Å². The summed E-state index contributed by atoms with van der Waals surface area (Å²) in [6, 6.07) is 13.1. The molecule has 0 aliphatic carbocycles. The standard InChI is InChI=1S/C37H48F4/c1-5-8-10-11-13-14-27(7-3)17-16-26(4)31-24-25-33(37(41)35(31)39)29-20-18-28(19-21-29)32-23-22-30(15-12-9-6-2)34(38)36(32)40/h18-27H,5-17H2,1-4H3. The minimum absolute atomic E-state index is 0.0714. The summed E-state index contributed by atoms with van der Waals surface area (Å²) in [6.45, 7) is 8.49. The largest absolute Gasteiger partial charge is 0.203 e. The van der Waals surface area contributed by atoms with E-state index in [2.05, 4.69) is 20.8 Å². The number of benzene rings is 3. The number of rotatable bonds is 17. The van der Waals surface area contributed by atoms with Gasteiger partial charge in [-0.3, -0.25) is 0 Å². The maximum atomic E-state index is 15.3. The second-order valence-electron chi connectivity index (χ2n) is 11.7. The molecular weight excluding hydrogens is 520 g/mol. The molecule has 0 aliphatic rings. The third kappa shape index (κ3) is 8.93. The minimum atomic E-state index is -0.871. The SMILES string of the molecule is CCCCCCCC(CC)CCC(C)c1ccc(-c2ccc(-c3ccc(CCCCC)c(F)c3F)cc2)c(F)c1F. The van der Waals surface area contributed by atoms with E-state index in [9.17, 15) is 8.78 Å². The van der Waals surface area contributed by atoms with Crippen LogP contribution in [0.15, 0.2) is 48.5 Å². The summed E-state index contributed by atoms with van der Waals surface area (Å²) in [5.41, 5.74) is 2.12. The fraction of sp³-hybridized carbons (Fsp3) is 0.514. The van der Waals surface area contributed by atoms with E-state index in [0.717, 1.165) is 38.5 Å². The van der Waals surface area contributed by atoms with Crippen LogP contribution >= 0.6 is 0 Å². The Labute approximate surface area is 245 Å². The average Bonchev–Trinajstić information content (AvgIpc) is 2.98. The molecule has 41 heavy (non-hydrogen) atoms. The molecule has 0 spiro atoms. The molecule has 0 N–H and O–H groups in total. The van der Waals surface area contributed by atoms with Crippen molar-refractivity contribution >= 4 is 0 Å². The van der Waals surface area contributed by atoms with E-state index in [1.807, 2.05) is 6.92 Å². The molecule has 0 saturated heterocycles. The number of hydrogen-bond donors (Lipinski definition) is 0. The van der Waals surface area contributed by atoms with Gasteiger partial charge in [-0.15, -0.1) is 0 Å². The molecule has 2 atom stereocenters. The Morgan fingerprint density at radius 2 is 1.10 bits per heavy atom. The first-order valence-corrected chi connectivity index (χ1v) is 15.9. The number of aryl methyl sites for hydroxylation is 1. The van der Waals surface area contributed by atoms with Crippen LogP contribution in [0.25, 0.3) is 22.3 Å². The summed E-state index contributed by atoms with van der Waals surface area (Å²) in [5.74, 6) is -2.78. The molecule has 0 nitrogen and oxygen atoms in total. The Balaban J connectivity index is 1.68. The van der Waals surface area contributed by atoms with Gasteiger partial charge < -0.3 is 0 Å². The quantitative estimate of drug-likeness (QED) is 0.112. The molecule has 3 aromatic carbocycles. The van der Waals surface area contributed by atoms with Gasteiger partial charge in [0.25, 0.3) is 0 Å². The zero-order valence-electron chi connectivity index (χ0n) is 25.5. The van der Waals surface area contributed by atoms with E-state index in [1.54, 1.807) is 48.5 Å². The summed E-state index contributed by atoms with van der Waals surface area (Å²) >= 11 is 0. The first kappa shape index (κ1) is 32.9. The van der Waals surface area contributed by atoms with Gasteiger partial charge in [-0.2, -0.15) is 0 Å². The van der Waals surface area contributed by atoms with Crippen LogP contribution in [0, 0.1) is 29.2 Å². The second kappa shape index (κ2) is 16.7. The van der Waals surface area contributed by atoms with E-state index in [1.165, 1.54) is 38.5 Å². The van der Waals surface area contributed by atoms with Crippen LogP contribution in [0.4, 0.5) is 17.6 Å². The highest BCUT2D eigenvalue weighted by atomic mass is 19.2. The molecule has 224 valence electrons. The van der Waals surface area contributed by atoms with Crippen LogP contribution in [0.1, 0.15) is 122 Å². The highest BCUT2D eigenvalue weighted by Gasteiger charge is 2.20. The molecule has 2 unspecified atom stereocenters. The number of unbranched alkanes of at least 4 members (excludes halogenated alkanes) is 6. The molecule has 0 aromatic heterocycles. The van der Waals surface area contributed by atoms with Crippen LogP contribution in [-0.2, 0) is 6.42 Å². The van der Waals surface area contributed by atoms with Crippen molar-refractivity contribution < 1.29 is 17.6 Å². The molecule has 0 bridgehead atoms. The first-order chi connectivity index (χ1) is 19.8. The van der Waals surface area contributed by atoms with Crippen molar-refractivity contribution in [1.29, 1.82) is 0 Å². The monoisotopic (exact) mass is 568 g/mol. The Bertz CT molecular complexity index is 1210. The van der Waals surface area contributed by atoms with Gasteiger partial charge in [0.15, 0.2) is 23.3 Å². The highest BCUT2D eigenvalue weighted by Crippen LogP contribution is 2.34. The number of halogens is 4. The van der Waals surface area contributed by atoms with Gasteiger partial charge >= 0.3 is 0 Å². The van der Waals surface area contributed by atoms with Crippen molar-refractivity contribution in [3.63, 3.8) is 0 Å². The third-order valence-electron chi connectivity index (χ3n) is 8.66. The van der Waals surface area contributed by atoms with E-state index >= 15 is 8.78 Å². The van der Waals surface area contributed by atoms with Gasteiger partial charge in [0.2, 0.25) is 0 Å². The lowest BCUT2D eigenvalue weighted by Crippen LogP contribution is -2.05. The maximum Gasteiger partial charge on any atom is 0.166 e. The number of hydrogen-bond acceptors (Lipinski definition) is 0. The van der Waals surface area contributed by atoms with Gasteiger partial charge in [-0.05, 0) is 59.8 Å². The van der Waals surface area contributed by atoms with Crippen molar-refractivity contribution in [2.24, 2.45) is 5.92 Å². The zero-order chi connectivity index (χ0) is 29.8. The Morgan fingerprint density at radius 1 is 0.537 bits per heavy atom. The van der Waals surface area contributed by atoms with Crippen molar-refractivity contribution in [2.45, 2.75) is 117 Å². The molecule has 0 fully saturated rings. The lowest BCUT2D eigenvalue weighted by atomic mass is 9.87. The lowest BCUT2D eigenvalue weighted by Gasteiger charge is -2.19. The third-order valence-corrected chi connectivity index (χ3v) is 8.66. The molecular formula is C37H48F4. The fourth-order valence-corrected chi connectivity index (χ4v) is 5.80. The summed E-state index contributed by atoms with van der Waals surface area (Å²) in [7, 11) is 0. The highest BCUT2D eigenvalue weighted by molar-refractivity contribution is 5.71. The van der Waals surface area contributed by atoms with Gasteiger partial charge in [-0.25, -0.2) is 17.6 Å². The van der Waals surface area contributed by atoms with Gasteiger partial charge in [0.05, 0.1) is 0 Å². The van der Waals surface area contributed by atoms with Gasteiger partial charge in [0, 0.05) is 11.1 Å². The first-order valence-electron chi connectivity index (χ1n) is 15.9. The Morgan fingerprint density at radius 3 is 1.71 bits per heavy atom. The van der Waals surface area contributed by atoms with Gasteiger partial charge in [-0.1, -0.05) is 134 Å². The van der Waals surface area contributed by atoms with E-state index in [-0.39, 0.29) is 17.0 Å². The van der Waals surface area contributed by atoms with E-state index in [0.29, 0.717) is 34.6 Å². The van der Waals surface area contributed by atoms with Crippen molar-refractivity contribution in [1.82, 2.24) is 0 Å². The smallest absolute Gasteiger partial charge is 0.166 e. The molecule has 0 radical (unpaired) electrons. The van der Waals surface area contributed by atoms with Crippen LogP contribution in [0.5, 0.6) is 0 Å². The normalized spacial score (nSPS) is 13.0. The predicted octanol–water partition coefficient (Wildman–Crippen LogP) is 12.6. The zero-order valence-corrected chi connectivity index (χ0v) is 25.5. The second-order valence-corrected chi connectivity index (χ2v) is 11.7. The van der Waals surface area contributed by atoms with Crippen molar-refractivity contribution in [3.8, 4) is 22.3 Å². The summed E-state index contributed by atoms with van der Waals surface area (Å²) < 4.78 is 60.1. The Kier molecular flexibility index (Phi) is 13.4. The summed E-state index contributed by atoms with van der Waals surface area (Å²) in [5, 5.41) is 0. The van der Waals surface area contributed by atoms with Crippen LogP contribution in [-0.4, -0.2) is 0 Å². The minimum Gasteiger partial charge on any atom is -0.203 e. The van der Waals surface area contributed by atoms with Crippen LogP contribution in [0.3, 0.4) is 0 Å². The van der Waals surface area contributed by atoms with Crippen LogP contribution < -0.4 is 0 Å². The fourth-order valence-electron chi connectivity index (χ4n) is 5.80. The van der Waals surface area contributed by atoms with Crippen molar-refractivity contribution in [2.75, 3.05) is 0 Å². The van der Waals surface area contributed by atoms with Gasteiger partial charge in [0.1, 0.15) is 0 Å². The predicted molar refractivity (Wildman–Crippen MR) is 165 cm³/mol. The average molecular weight is 569 g/mol. The molecule has 0 amide bonds. The van der Waals surface area contributed by atoms with E-state index in [4.69, 9.17) is 0 Å². The van der Waals surface area contributed by atoms with Crippen LogP contribution in [0.2, 0.25) is 0 Å². The summed E-state index contributed by atoms with van der Waals surface area (Å²) in [6.07, 6.45) is 13.8. The molecule has 0 heterocycles. The molecule has 3 aromatic rings. The topological polar surface area (TPSA) is 0 Å². The maximum absolute atomic E-state index is 15.3. The molecule has 3 rings (SSSR count).